The second-order valence-electron chi connectivity index (χ2n) is 6.51. The Balaban J connectivity index is 1.75. The number of aromatic nitrogens is 3. The predicted molar refractivity (Wildman–Crippen MR) is 115 cm³/mol. The summed E-state index contributed by atoms with van der Waals surface area (Å²) in [5.41, 5.74) is 2.73. The smallest absolute Gasteiger partial charge is 0.237 e. The van der Waals surface area contributed by atoms with E-state index in [2.05, 4.69) is 29.0 Å². The molecular formula is C22H23FN4OS. The fourth-order valence-electron chi connectivity index (χ4n) is 2.76. The van der Waals surface area contributed by atoms with Crippen LogP contribution in [-0.2, 0) is 17.8 Å². The molecule has 1 heterocycles. The molecule has 1 aromatic heterocycles. The van der Waals surface area contributed by atoms with Crippen molar-refractivity contribution >= 4 is 23.4 Å². The van der Waals surface area contributed by atoms with Gasteiger partial charge < -0.3 is 5.32 Å². The Hall–Kier alpha value is -2.93. The van der Waals surface area contributed by atoms with Crippen LogP contribution in [0.25, 0.3) is 11.4 Å². The highest BCUT2D eigenvalue weighted by Crippen LogP contribution is 2.27. The van der Waals surface area contributed by atoms with Crippen molar-refractivity contribution in [1.82, 2.24) is 14.8 Å². The van der Waals surface area contributed by atoms with Crippen LogP contribution < -0.4 is 5.32 Å². The number of thioether (sulfide) groups is 1. The zero-order valence-electron chi connectivity index (χ0n) is 16.4. The number of carbonyl (C=O) groups excluding carboxylic acids is 1. The molecule has 1 amide bonds. The molecular weight excluding hydrogens is 387 g/mol. The van der Waals surface area contributed by atoms with E-state index in [1.165, 1.54) is 29.5 Å². The third kappa shape index (κ3) is 5.12. The lowest BCUT2D eigenvalue weighted by molar-refractivity contribution is -0.115. The standard InChI is InChI=1S/C22H23FN4OS/c1-4-14-27-20(17-8-10-18(23)11-9-17)25-26-22(27)29-15(3)21(28)24-19-12-6-16(5-2)7-13-19/h4,6-13,15H,1,5,14H2,2-3H3,(H,24,28)/t15-/m0/s1. The number of amides is 1. The molecule has 0 fully saturated rings. The van der Waals surface area contributed by atoms with E-state index in [4.69, 9.17) is 0 Å². The van der Waals surface area contributed by atoms with Gasteiger partial charge in [-0.15, -0.1) is 16.8 Å². The van der Waals surface area contributed by atoms with Crippen LogP contribution in [0.4, 0.5) is 10.1 Å². The number of halogens is 1. The molecule has 1 atom stereocenters. The SMILES string of the molecule is C=CCn1c(S[C@@H](C)C(=O)Nc2ccc(CC)cc2)nnc1-c1ccc(F)cc1. The van der Waals surface area contributed by atoms with E-state index in [1.807, 2.05) is 35.8 Å². The Kier molecular flexibility index (Phi) is 6.82. The van der Waals surface area contributed by atoms with Crippen LogP contribution in [0.3, 0.4) is 0 Å². The summed E-state index contributed by atoms with van der Waals surface area (Å²) < 4.78 is 15.1. The molecule has 3 aromatic rings. The molecule has 0 aliphatic rings. The van der Waals surface area contributed by atoms with Crippen LogP contribution in [0.2, 0.25) is 0 Å². The molecule has 2 aromatic carbocycles. The summed E-state index contributed by atoms with van der Waals surface area (Å²) in [4.78, 5) is 12.6. The Bertz CT molecular complexity index is 983. The van der Waals surface area contributed by atoms with E-state index >= 15 is 0 Å². The number of hydrogen-bond acceptors (Lipinski definition) is 4. The van der Waals surface area contributed by atoms with Gasteiger partial charge in [-0.05, 0) is 55.3 Å². The van der Waals surface area contributed by atoms with Gasteiger partial charge in [0, 0.05) is 17.8 Å². The minimum Gasteiger partial charge on any atom is -0.325 e. The van der Waals surface area contributed by atoms with Crippen LogP contribution in [-0.4, -0.2) is 25.9 Å². The first-order valence-electron chi connectivity index (χ1n) is 9.38. The van der Waals surface area contributed by atoms with Crippen molar-refractivity contribution in [3.8, 4) is 11.4 Å². The van der Waals surface area contributed by atoms with Crippen LogP contribution in [0.15, 0.2) is 66.3 Å². The lowest BCUT2D eigenvalue weighted by atomic mass is 10.1. The van der Waals surface area contributed by atoms with Crippen molar-refractivity contribution in [3.63, 3.8) is 0 Å². The Labute approximate surface area is 174 Å². The molecule has 0 unspecified atom stereocenters. The summed E-state index contributed by atoms with van der Waals surface area (Å²) in [7, 11) is 0. The van der Waals surface area contributed by atoms with Crippen LogP contribution in [0.5, 0.6) is 0 Å². The minimum absolute atomic E-state index is 0.115. The van der Waals surface area contributed by atoms with E-state index in [0.29, 0.717) is 17.5 Å². The molecule has 150 valence electrons. The number of anilines is 1. The number of carbonyl (C=O) groups is 1. The third-order valence-electron chi connectivity index (χ3n) is 4.41. The molecule has 1 N–H and O–H groups in total. The van der Waals surface area contributed by atoms with Crippen molar-refractivity contribution in [2.24, 2.45) is 0 Å². The summed E-state index contributed by atoms with van der Waals surface area (Å²) in [5, 5.41) is 11.6. The zero-order chi connectivity index (χ0) is 20.8. The number of benzene rings is 2. The van der Waals surface area contributed by atoms with Gasteiger partial charge in [0.1, 0.15) is 5.82 Å². The molecule has 0 saturated heterocycles. The van der Waals surface area contributed by atoms with Crippen LogP contribution in [0.1, 0.15) is 19.4 Å². The highest BCUT2D eigenvalue weighted by molar-refractivity contribution is 8.00. The molecule has 0 aliphatic carbocycles. The maximum atomic E-state index is 13.2. The van der Waals surface area contributed by atoms with E-state index in [1.54, 1.807) is 18.2 Å². The Morgan fingerprint density at radius 2 is 1.90 bits per heavy atom. The lowest BCUT2D eigenvalue weighted by Crippen LogP contribution is -2.23. The van der Waals surface area contributed by atoms with Gasteiger partial charge >= 0.3 is 0 Å². The molecule has 0 bridgehead atoms. The van der Waals surface area contributed by atoms with Gasteiger partial charge in [0.2, 0.25) is 5.91 Å². The Morgan fingerprint density at radius 3 is 2.52 bits per heavy atom. The van der Waals surface area contributed by atoms with Crippen molar-refractivity contribution in [1.29, 1.82) is 0 Å². The summed E-state index contributed by atoms with van der Waals surface area (Å²) in [6.45, 7) is 8.18. The summed E-state index contributed by atoms with van der Waals surface area (Å²) in [6.07, 6.45) is 2.69. The van der Waals surface area contributed by atoms with E-state index in [0.717, 1.165) is 17.7 Å². The molecule has 0 saturated carbocycles. The summed E-state index contributed by atoms with van der Waals surface area (Å²) in [6, 6.07) is 13.9. The molecule has 0 aliphatic heterocycles. The summed E-state index contributed by atoms with van der Waals surface area (Å²) in [5.74, 6) is 0.182. The highest BCUT2D eigenvalue weighted by atomic mass is 32.2. The number of nitrogens with one attached hydrogen (secondary N) is 1. The number of hydrogen-bond donors (Lipinski definition) is 1. The predicted octanol–water partition coefficient (Wildman–Crippen LogP) is 4.95. The van der Waals surface area contributed by atoms with Gasteiger partial charge in [-0.25, -0.2) is 4.39 Å². The van der Waals surface area contributed by atoms with Gasteiger partial charge in [0.15, 0.2) is 11.0 Å². The topological polar surface area (TPSA) is 59.8 Å². The van der Waals surface area contributed by atoms with E-state index < -0.39 is 0 Å². The molecule has 5 nitrogen and oxygen atoms in total. The fourth-order valence-corrected chi connectivity index (χ4v) is 3.62. The number of nitrogens with zero attached hydrogens (tertiary/aromatic N) is 3. The quantitative estimate of drug-likeness (QED) is 0.422. The van der Waals surface area contributed by atoms with Gasteiger partial charge in [0.25, 0.3) is 0 Å². The minimum atomic E-state index is -0.380. The first-order valence-corrected chi connectivity index (χ1v) is 10.3. The maximum absolute atomic E-state index is 13.2. The Morgan fingerprint density at radius 1 is 1.21 bits per heavy atom. The second-order valence-corrected chi connectivity index (χ2v) is 7.82. The molecule has 29 heavy (non-hydrogen) atoms. The van der Waals surface area contributed by atoms with E-state index in [-0.39, 0.29) is 17.0 Å². The number of allylic oxidation sites excluding steroid dienone is 1. The average molecular weight is 411 g/mol. The molecule has 0 spiro atoms. The largest absolute Gasteiger partial charge is 0.325 e. The number of aryl methyl sites for hydroxylation is 1. The molecule has 0 radical (unpaired) electrons. The highest BCUT2D eigenvalue weighted by Gasteiger charge is 2.20. The second kappa shape index (κ2) is 9.52. The zero-order valence-corrected chi connectivity index (χ0v) is 17.2. The summed E-state index contributed by atoms with van der Waals surface area (Å²) >= 11 is 1.32. The first-order chi connectivity index (χ1) is 14.0. The maximum Gasteiger partial charge on any atom is 0.237 e. The van der Waals surface area contributed by atoms with Crippen LogP contribution >= 0.6 is 11.8 Å². The molecule has 3 rings (SSSR count). The van der Waals surface area contributed by atoms with Crippen molar-refractivity contribution in [2.45, 2.75) is 37.2 Å². The van der Waals surface area contributed by atoms with Crippen molar-refractivity contribution < 1.29 is 9.18 Å². The lowest BCUT2D eigenvalue weighted by Gasteiger charge is -2.13. The van der Waals surface area contributed by atoms with Crippen molar-refractivity contribution in [2.75, 3.05) is 5.32 Å². The van der Waals surface area contributed by atoms with E-state index in [9.17, 15) is 9.18 Å². The van der Waals surface area contributed by atoms with Gasteiger partial charge in [-0.1, -0.05) is 36.9 Å². The first kappa shape index (κ1) is 20.8. The van der Waals surface area contributed by atoms with Gasteiger partial charge in [0.05, 0.1) is 5.25 Å². The third-order valence-corrected chi connectivity index (χ3v) is 5.49. The van der Waals surface area contributed by atoms with Gasteiger partial charge in [-0.3, -0.25) is 9.36 Å². The molecule has 7 heteroatoms. The normalized spacial score (nSPS) is 11.8. The van der Waals surface area contributed by atoms with Gasteiger partial charge in [-0.2, -0.15) is 0 Å². The van der Waals surface area contributed by atoms with Crippen LogP contribution in [0, 0.1) is 5.82 Å². The van der Waals surface area contributed by atoms with Crippen molar-refractivity contribution in [3.05, 3.63) is 72.6 Å². The average Bonchev–Trinajstić information content (AvgIpc) is 3.11. The fraction of sp³-hybridized carbons (Fsp3) is 0.227. The monoisotopic (exact) mass is 410 g/mol. The number of rotatable bonds is 8.